The first-order valence-electron chi connectivity index (χ1n) is 7.93. The molecule has 0 unspecified atom stereocenters. The van der Waals surface area contributed by atoms with Crippen LogP contribution in [0.5, 0.6) is 0 Å². The number of pyridine rings is 1. The summed E-state index contributed by atoms with van der Waals surface area (Å²) in [6.07, 6.45) is 10.7. The summed E-state index contributed by atoms with van der Waals surface area (Å²) in [5, 5.41) is 4.25. The molecule has 2 aromatic heterocycles. The van der Waals surface area contributed by atoms with E-state index in [0.29, 0.717) is 11.8 Å². The molecule has 3 heterocycles. The molecule has 22 heavy (non-hydrogen) atoms. The number of hydrogen-bond acceptors (Lipinski definition) is 3. The van der Waals surface area contributed by atoms with Crippen molar-refractivity contribution in [3.05, 3.63) is 48.0 Å². The maximum atomic E-state index is 12.9. The van der Waals surface area contributed by atoms with E-state index in [4.69, 9.17) is 0 Å². The van der Waals surface area contributed by atoms with Gasteiger partial charge in [0, 0.05) is 43.7 Å². The standard InChI is InChI=1S/C17H20N4O/c1-20-11-13(10-19-20)16-5-3-7-21(16)17(22)15-8-14(15)12-4-2-6-18-9-12/h2,4,6,9-11,14-16H,3,5,7-8H2,1H3/t14-,15+,16+/m1/s1. The lowest BCUT2D eigenvalue weighted by atomic mass is 10.1. The molecular formula is C17H20N4O. The Balaban J connectivity index is 1.49. The normalized spacial score (nSPS) is 27.1. The summed E-state index contributed by atoms with van der Waals surface area (Å²) >= 11 is 0. The average Bonchev–Trinajstić information content (AvgIpc) is 2.98. The Morgan fingerprint density at radius 2 is 2.23 bits per heavy atom. The van der Waals surface area contributed by atoms with Gasteiger partial charge >= 0.3 is 0 Å². The summed E-state index contributed by atoms with van der Waals surface area (Å²) in [7, 11) is 1.92. The third-order valence-corrected chi connectivity index (χ3v) is 4.87. The third-order valence-electron chi connectivity index (χ3n) is 4.87. The second kappa shape index (κ2) is 5.23. The Bertz CT molecular complexity index is 681. The van der Waals surface area contributed by atoms with Gasteiger partial charge in [-0.1, -0.05) is 6.07 Å². The molecule has 2 aromatic rings. The van der Waals surface area contributed by atoms with Crippen molar-refractivity contribution in [2.24, 2.45) is 13.0 Å². The molecule has 5 nitrogen and oxygen atoms in total. The van der Waals surface area contributed by atoms with E-state index in [0.717, 1.165) is 31.4 Å². The maximum absolute atomic E-state index is 12.9. The van der Waals surface area contributed by atoms with Crippen molar-refractivity contribution in [1.29, 1.82) is 0 Å². The predicted octanol–water partition coefficient (Wildman–Crippen LogP) is 2.28. The van der Waals surface area contributed by atoms with Crippen LogP contribution in [-0.2, 0) is 11.8 Å². The SMILES string of the molecule is Cn1cc([C@@H]2CCCN2C(=O)[C@H]2C[C@@H]2c2cccnc2)cn1. The molecule has 0 aromatic carbocycles. The summed E-state index contributed by atoms with van der Waals surface area (Å²) in [4.78, 5) is 19.1. The zero-order valence-electron chi connectivity index (χ0n) is 12.7. The van der Waals surface area contributed by atoms with Crippen molar-refractivity contribution in [3.8, 4) is 0 Å². The van der Waals surface area contributed by atoms with Gasteiger partial charge in [0.1, 0.15) is 0 Å². The molecule has 1 amide bonds. The molecule has 1 saturated carbocycles. The van der Waals surface area contributed by atoms with Gasteiger partial charge in [-0.2, -0.15) is 5.10 Å². The predicted molar refractivity (Wildman–Crippen MR) is 82.0 cm³/mol. The van der Waals surface area contributed by atoms with E-state index < -0.39 is 0 Å². The number of likely N-dealkylation sites (tertiary alicyclic amines) is 1. The average molecular weight is 296 g/mol. The van der Waals surface area contributed by atoms with Gasteiger partial charge in [-0.15, -0.1) is 0 Å². The van der Waals surface area contributed by atoms with Crippen LogP contribution in [0.25, 0.3) is 0 Å². The number of carbonyl (C=O) groups excluding carboxylic acids is 1. The fourth-order valence-corrected chi connectivity index (χ4v) is 3.63. The summed E-state index contributed by atoms with van der Waals surface area (Å²) in [6, 6.07) is 4.23. The van der Waals surface area contributed by atoms with Gasteiger partial charge in [0.15, 0.2) is 0 Å². The van der Waals surface area contributed by atoms with Gasteiger partial charge in [-0.3, -0.25) is 14.5 Å². The molecule has 1 saturated heterocycles. The zero-order chi connectivity index (χ0) is 15.1. The van der Waals surface area contributed by atoms with Crippen molar-refractivity contribution in [2.45, 2.75) is 31.2 Å². The number of carbonyl (C=O) groups is 1. The second-order valence-corrected chi connectivity index (χ2v) is 6.37. The summed E-state index contributed by atoms with van der Waals surface area (Å²) < 4.78 is 1.81. The van der Waals surface area contributed by atoms with Gasteiger partial charge in [-0.05, 0) is 36.8 Å². The number of aryl methyl sites for hydroxylation is 1. The molecule has 0 N–H and O–H groups in total. The van der Waals surface area contributed by atoms with E-state index in [-0.39, 0.29) is 12.0 Å². The van der Waals surface area contributed by atoms with E-state index in [1.807, 2.05) is 36.4 Å². The zero-order valence-corrected chi connectivity index (χ0v) is 12.7. The highest BCUT2D eigenvalue weighted by Crippen LogP contribution is 2.49. The number of nitrogens with zero attached hydrogens (tertiary/aromatic N) is 4. The van der Waals surface area contributed by atoms with Gasteiger partial charge in [0.05, 0.1) is 12.2 Å². The van der Waals surface area contributed by atoms with Crippen LogP contribution in [0.3, 0.4) is 0 Å². The molecule has 2 fully saturated rings. The van der Waals surface area contributed by atoms with Gasteiger partial charge in [-0.25, -0.2) is 0 Å². The third kappa shape index (κ3) is 2.30. The largest absolute Gasteiger partial charge is 0.335 e. The molecule has 114 valence electrons. The molecule has 3 atom stereocenters. The first kappa shape index (κ1) is 13.5. The minimum Gasteiger partial charge on any atom is -0.335 e. The van der Waals surface area contributed by atoms with E-state index >= 15 is 0 Å². The molecule has 0 radical (unpaired) electrons. The van der Waals surface area contributed by atoms with Crippen molar-refractivity contribution in [2.75, 3.05) is 6.54 Å². The molecule has 1 aliphatic heterocycles. The lowest BCUT2D eigenvalue weighted by Gasteiger charge is -2.24. The van der Waals surface area contributed by atoms with Crippen LogP contribution in [0.15, 0.2) is 36.9 Å². The lowest BCUT2D eigenvalue weighted by molar-refractivity contribution is -0.133. The minimum atomic E-state index is 0.140. The molecule has 0 bridgehead atoms. The topological polar surface area (TPSA) is 51.0 Å². The molecule has 2 aliphatic rings. The number of hydrogen-bond donors (Lipinski definition) is 0. The van der Waals surface area contributed by atoms with E-state index in [2.05, 4.69) is 21.0 Å². The van der Waals surface area contributed by atoms with Crippen molar-refractivity contribution in [3.63, 3.8) is 0 Å². The Kier molecular flexibility index (Phi) is 3.21. The summed E-state index contributed by atoms with van der Waals surface area (Å²) in [5.41, 5.74) is 2.35. The van der Waals surface area contributed by atoms with Gasteiger partial charge in [0.25, 0.3) is 0 Å². The highest BCUT2D eigenvalue weighted by atomic mass is 16.2. The van der Waals surface area contributed by atoms with Crippen molar-refractivity contribution in [1.82, 2.24) is 19.7 Å². The number of aromatic nitrogens is 3. The highest BCUT2D eigenvalue weighted by molar-refractivity contribution is 5.83. The monoisotopic (exact) mass is 296 g/mol. The maximum Gasteiger partial charge on any atom is 0.226 e. The lowest BCUT2D eigenvalue weighted by Crippen LogP contribution is -2.32. The summed E-state index contributed by atoms with van der Waals surface area (Å²) in [5.74, 6) is 0.804. The molecule has 5 heteroatoms. The first-order valence-corrected chi connectivity index (χ1v) is 7.93. The van der Waals surface area contributed by atoms with Crippen LogP contribution in [-0.4, -0.2) is 32.1 Å². The number of amides is 1. The van der Waals surface area contributed by atoms with Gasteiger partial charge < -0.3 is 4.90 Å². The fraction of sp³-hybridized carbons (Fsp3) is 0.471. The summed E-state index contributed by atoms with van der Waals surface area (Å²) in [6.45, 7) is 0.870. The Morgan fingerprint density at radius 1 is 1.32 bits per heavy atom. The van der Waals surface area contributed by atoms with Crippen LogP contribution in [0, 0.1) is 5.92 Å². The van der Waals surface area contributed by atoms with E-state index in [1.165, 1.54) is 5.56 Å². The highest BCUT2D eigenvalue weighted by Gasteiger charge is 2.47. The molecule has 0 spiro atoms. The molecule has 1 aliphatic carbocycles. The minimum absolute atomic E-state index is 0.140. The molecular weight excluding hydrogens is 276 g/mol. The van der Waals surface area contributed by atoms with Crippen LogP contribution >= 0.6 is 0 Å². The second-order valence-electron chi connectivity index (χ2n) is 6.37. The molecule has 4 rings (SSSR count). The first-order chi connectivity index (χ1) is 10.7. The Morgan fingerprint density at radius 3 is 2.95 bits per heavy atom. The fourth-order valence-electron chi connectivity index (χ4n) is 3.63. The van der Waals surface area contributed by atoms with Crippen LogP contribution < -0.4 is 0 Å². The Hall–Kier alpha value is -2.17. The van der Waals surface area contributed by atoms with Gasteiger partial charge in [0.2, 0.25) is 5.91 Å². The van der Waals surface area contributed by atoms with Crippen molar-refractivity contribution < 1.29 is 4.79 Å². The van der Waals surface area contributed by atoms with Crippen molar-refractivity contribution >= 4 is 5.91 Å². The number of rotatable bonds is 3. The van der Waals surface area contributed by atoms with E-state index in [9.17, 15) is 4.79 Å². The van der Waals surface area contributed by atoms with Crippen LogP contribution in [0.1, 0.15) is 42.3 Å². The van der Waals surface area contributed by atoms with Crippen LogP contribution in [0.2, 0.25) is 0 Å². The van der Waals surface area contributed by atoms with Crippen LogP contribution in [0.4, 0.5) is 0 Å². The quantitative estimate of drug-likeness (QED) is 0.873. The smallest absolute Gasteiger partial charge is 0.226 e. The van der Waals surface area contributed by atoms with E-state index in [1.54, 1.807) is 6.20 Å². The Labute approximate surface area is 130 Å².